The Balaban J connectivity index is 2.28. The summed E-state index contributed by atoms with van der Waals surface area (Å²) in [6, 6.07) is 5.04. The summed E-state index contributed by atoms with van der Waals surface area (Å²) in [7, 11) is 0. The van der Waals surface area contributed by atoms with Crippen molar-refractivity contribution in [2.24, 2.45) is 5.73 Å². The molecule has 1 aromatic heterocycles. The van der Waals surface area contributed by atoms with Crippen molar-refractivity contribution in [2.75, 3.05) is 11.9 Å². The van der Waals surface area contributed by atoms with E-state index in [9.17, 15) is 4.79 Å². The lowest BCUT2D eigenvalue weighted by molar-refractivity contribution is 0.102. The monoisotopic (exact) mass is 292 g/mol. The van der Waals surface area contributed by atoms with Gasteiger partial charge in [-0.05, 0) is 29.7 Å². The number of anilines is 1. The minimum absolute atomic E-state index is 0.242. The van der Waals surface area contributed by atoms with E-state index < -0.39 is 0 Å². The van der Waals surface area contributed by atoms with Crippen LogP contribution in [0.4, 0.5) is 5.69 Å². The molecule has 5 nitrogen and oxygen atoms in total. The maximum atomic E-state index is 11.9. The summed E-state index contributed by atoms with van der Waals surface area (Å²) in [5.41, 5.74) is 6.75. The third kappa shape index (κ3) is 3.51. The van der Waals surface area contributed by atoms with Crippen LogP contribution >= 0.6 is 23.1 Å². The Morgan fingerprint density at radius 1 is 1.53 bits per heavy atom. The zero-order chi connectivity index (χ0) is 13.7. The predicted molar refractivity (Wildman–Crippen MR) is 75.2 cm³/mol. The van der Waals surface area contributed by atoms with E-state index in [1.54, 1.807) is 23.6 Å². The topological polar surface area (TPSA) is 80.9 Å². The van der Waals surface area contributed by atoms with Crippen molar-refractivity contribution in [3.63, 3.8) is 0 Å². The van der Waals surface area contributed by atoms with E-state index in [4.69, 9.17) is 17.3 Å². The van der Waals surface area contributed by atoms with E-state index in [1.165, 1.54) is 0 Å². The Morgan fingerprint density at radius 2 is 2.37 bits per heavy atom. The molecule has 2 aromatic rings. The first kappa shape index (κ1) is 13.5. The lowest BCUT2D eigenvalue weighted by atomic mass is 10.1. The van der Waals surface area contributed by atoms with E-state index in [2.05, 4.69) is 26.7 Å². The van der Waals surface area contributed by atoms with Crippen molar-refractivity contribution in [3.05, 3.63) is 39.9 Å². The SMILES string of the molecule is NCC#Cc1ccc(Cl)cc1NC(=O)c1csnn1. The summed E-state index contributed by atoms with van der Waals surface area (Å²) in [6.45, 7) is 0.242. The summed E-state index contributed by atoms with van der Waals surface area (Å²) < 4.78 is 3.63. The third-order valence-electron chi connectivity index (χ3n) is 2.15. The van der Waals surface area contributed by atoms with Crippen LogP contribution < -0.4 is 11.1 Å². The molecule has 0 unspecified atom stereocenters. The third-order valence-corrected chi connectivity index (χ3v) is 2.89. The highest BCUT2D eigenvalue weighted by Crippen LogP contribution is 2.21. The number of benzene rings is 1. The Hall–Kier alpha value is -1.94. The van der Waals surface area contributed by atoms with Gasteiger partial charge >= 0.3 is 0 Å². The number of nitrogens with one attached hydrogen (secondary N) is 1. The Labute approximate surface area is 118 Å². The molecule has 0 aliphatic carbocycles. The number of nitrogens with two attached hydrogens (primary N) is 1. The van der Waals surface area contributed by atoms with Crippen LogP contribution in [0.15, 0.2) is 23.6 Å². The number of nitrogens with zero attached hydrogens (tertiary/aromatic N) is 2. The smallest absolute Gasteiger partial charge is 0.277 e. The van der Waals surface area contributed by atoms with Gasteiger partial charge in [-0.25, -0.2) is 0 Å². The van der Waals surface area contributed by atoms with Crippen LogP contribution in [0.25, 0.3) is 0 Å². The highest BCUT2D eigenvalue weighted by Gasteiger charge is 2.11. The first-order valence-corrected chi connectivity index (χ1v) is 6.49. The normalized spacial score (nSPS) is 9.58. The van der Waals surface area contributed by atoms with Crippen molar-refractivity contribution in [2.45, 2.75) is 0 Å². The molecule has 0 saturated carbocycles. The molecule has 0 radical (unpaired) electrons. The molecule has 2 rings (SSSR count). The van der Waals surface area contributed by atoms with Crippen molar-refractivity contribution >= 4 is 34.7 Å². The van der Waals surface area contributed by atoms with E-state index in [-0.39, 0.29) is 18.1 Å². The first-order valence-electron chi connectivity index (χ1n) is 5.27. The van der Waals surface area contributed by atoms with E-state index >= 15 is 0 Å². The van der Waals surface area contributed by atoms with Crippen LogP contribution in [-0.4, -0.2) is 22.0 Å². The van der Waals surface area contributed by atoms with Gasteiger partial charge in [0.05, 0.1) is 12.2 Å². The number of halogens is 1. The van der Waals surface area contributed by atoms with Crippen LogP contribution in [0, 0.1) is 11.8 Å². The average molecular weight is 293 g/mol. The highest BCUT2D eigenvalue weighted by molar-refractivity contribution is 7.03. The second-order valence-corrected chi connectivity index (χ2v) is 4.49. The molecule has 0 aliphatic rings. The number of carbonyl (C=O) groups excluding carboxylic acids is 1. The van der Waals surface area contributed by atoms with Crippen LogP contribution in [0.1, 0.15) is 16.1 Å². The molecule has 1 amide bonds. The van der Waals surface area contributed by atoms with Crippen LogP contribution in [0.3, 0.4) is 0 Å². The molecule has 7 heteroatoms. The van der Waals surface area contributed by atoms with Gasteiger partial charge in [0.2, 0.25) is 0 Å². The average Bonchev–Trinajstić information content (AvgIpc) is 2.92. The summed E-state index contributed by atoms with van der Waals surface area (Å²) >= 11 is 7.02. The van der Waals surface area contributed by atoms with E-state index in [1.807, 2.05) is 0 Å². The van der Waals surface area contributed by atoms with Gasteiger partial charge in [0.25, 0.3) is 5.91 Å². The van der Waals surface area contributed by atoms with Gasteiger partial charge in [0.1, 0.15) is 0 Å². The highest BCUT2D eigenvalue weighted by atomic mass is 35.5. The molecule has 0 aliphatic heterocycles. The maximum absolute atomic E-state index is 11.9. The van der Waals surface area contributed by atoms with Crippen molar-refractivity contribution in [1.82, 2.24) is 9.59 Å². The number of hydrogen-bond acceptors (Lipinski definition) is 5. The zero-order valence-corrected chi connectivity index (χ0v) is 11.3. The number of hydrogen-bond donors (Lipinski definition) is 2. The van der Waals surface area contributed by atoms with Crippen molar-refractivity contribution < 1.29 is 4.79 Å². The summed E-state index contributed by atoms with van der Waals surface area (Å²) in [5, 5.41) is 8.46. The fourth-order valence-electron chi connectivity index (χ4n) is 1.33. The molecule has 1 heterocycles. The number of carbonyl (C=O) groups is 1. The molecular formula is C12H9ClN4OS. The van der Waals surface area contributed by atoms with Crippen molar-refractivity contribution in [1.29, 1.82) is 0 Å². The van der Waals surface area contributed by atoms with Gasteiger partial charge in [-0.1, -0.05) is 27.9 Å². The molecule has 1 aromatic carbocycles. The molecule has 19 heavy (non-hydrogen) atoms. The summed E-state index contributed by atoms with van der Waals surface area (Å²) in [4.78, 5) is 11.9. The zero-order valence-electron chi connectivity index (χ0n) is 9.68. The van der Waals surface area contributed by atoms with Crippen LogP contribution in [-0.2, 0) is 0 Å². The fourth-order valence-corrected chi connectivity index (χ4v) is 1.93. The molecule has 0 bridgehead atoms. The maximum Gasteiger partial charge on any atom is 0.277 e. The van der Waals surface area contributed by atoms with Crippen LogP contribution in [0.2, 0.25) is 5.02 Å². The van der Waals surface area contributed by atoms with Gasteiger partial charge in [0, 0.05) is 16.0 Å². The Bertz CT molecular complexity index is 645. The van der Waals surface area contributed by atoms with Gasteiger partial charge in [-0.3, -0.25) is 4.79 Å². The van der Waals surface area contributed by atoms with E-state index in [0.29, 0.717) is 16.3 Å². The Kier molecular flexibility index (Phi) is 4.47. The Morgan fingerprint density at radius 3 is 3.05 bits per heavy atom. The predicted octanol–water partition coefficient (Wildman–Crippen LogP) is 1.75. The molecule has 96 valence electrons. The number of rotatable bonds is 2. The van der Waals surface area contributed by atoms with Gasteiger partial charge in [-0.15, -0.1) is 5.10 Å². The molecular weight excluding hydrogens is 284 g/mol. The van der Waals surface area contributed by atoms with Gasteiger partial charge < -0.3 is 11.1 Å². The van der Waals surface area contributed by atoms with Gasteiger partial charge in [0.15, 0.2) is 5.69 Å². The standard InChI is InChI=1S/C12H9ClN4OS/c13-9-4-3-8(2-1-5-14)10(6-9)15-12(18)11-7-19-17-16-11/h3-4,6-7H,5,14H2,(H,15,18). The second-order valence-electron chi connectivity index (χ2n) is 3.44. The number of aromatic nitrogens is 2. The molecule has 3 N–H and O–H groups in total. The number of amides is 1. The van der Waals surface area contributed by atoms with Crippen LogP contribution in [0.5, 0.6) is 0 Å². The second kappa shape index (κ2) is 6.29. The fraction of sp³-hybridized carbons (Fsp3) is 0.0833. The summed E-state index contributed by atoms with van der Waals surface area (Å²) in [5.74, 6) is 5.24. The quantitative estimate of drug-likeness (QED) is 0.826. The lowest BCUT2D eigenvalue weighted by Crippen LogP contribution is -2.13. The molecule has 0 saturated heterocycles. The minimum atomic E-state index is -0.355. The largest absolute Gasteiger partial charge is 0.320 e. The van der Waals surface area contributed by atoms with Crippen molar-refractivity contribution in [3.8, 4) is 11.8 Å². The first-order chi connectivity index (χ1) is 9.20. The molecule has 0 atom stereocenters. The molecule has 0 fully saturated rings. The van der Waals surface area contributed by atoms with E-state index in [0.717, 1.165) is 11.5 Å². The lowest BCUT2D eigenvalue weighted by Gasteiger charge is -2.06. The van der Waals surface area contributed by atoms with Gasteiger partial charge in [-0.2, -0.15) is 0 Å². The summed E-state index contributed by atoms with van der Waals surface area (Å²) in [6.07, 6.45) is 0. The molecule has 0 spiro atoms. The minimum Gasteiger partial charge on any atom is -0.320 e.